The highest BCUT2D eigenvalue weighted by atomic mass is 32.2. The summed E-state index contributed by atoms with van der Waals surface area (Å²) in [6, 6.07) is 0. The minimum Gasteiger partial charge on any atom is -0.456 e. The predicted octanol–water partition coefficient (Wildman–Crippen LogP) is 1.14. The van der Waals surface area contributed by atoms with Crippen molar-refractivity contribution in [2.45, 2.75) is 38.4 Å². The lowest BCUT2D eigenvalue weighted by molar-refractivity contribution is -0.184. The molecule has 3 unspecified atom stereocenters. The number of ether oxygens (including phenoxy) is 4. The number of carbonyl (C=O) groups is 2. The fraction of sp³-hybridized carbons (Fsp3) is 0.692. The zero-order valence-corrected chi connectivity index (χ0v) is 12.7. The Kier molecular flexibility index (Phi) is 7.04. The molecule has 1 heterocycles. The minimum absolute atomic E-state index is 0.251. The maximum Gasteiger partial charge on any atom is 0.303 e. The van der Waals surface area contributed by atoms with E-state index >= 15 is 0 Å². The fourth-order valence-electron chi connectivity index (χ4n) is 1.94. The van der Waals surface area contributed by atoms with Crippen LogP contribution in [0, 0.1) is 0 Å². The Morgan fingerprint density at radius 3 is 2.35 bits per heavy atom. The third kappa shape index (κ3) is 4.81. The van der Waals surface area contributed by atoms with E-state index in [1.54, 1.807) is 17.8 Å². The Morgan fingerprint density at radius 1 is 1.25 bits per heavy atom. The summed E-state index contributed by atoms with van der Waals surface area (Å²) in [6.45, 7) is 6.40. The van der Waals surface area contributed by atoms with Gasteiger partial charge >= 0.3 is 11.9 Å². The molecule has 1 aliphatic heterocycles. The minimum atomic E-state index is -0.770. The van der Waals surface area contributed by atoms with Gasteiger partial charge in [0, 0.05) is 19.6 Å². The van der Waals surface area contributed by atoms with Crippen molar-refractivity contribution in [3.63, 3.8) is 0 Å². The average molecular weight is 304 g/mol. The maximum atomic E-state index is 11.2. The summed E-state index contributed by atoms with van der Waals surface area (Å²) in [7, 11) is 0. The molecule has 1 rings (SSSR count). The summed E-state index contributed by atoms with van der Waals surface area (Å²) >= 11 is 1.54. The van der Waals surface area contributed by atoms with Crippen molar-refractivity contribution in [1.82, 2.24) is 0 Å². The summed E-state index contributed by atoms with van der Waals surface area (Å²) in [6.07, 6.45) is 0.891. The molecule has 0 aromatic heterocycles. The standard InChI is InChI=1S/C13H20O6S/c1-5-6-16-13-12(18-9(3)15)11(17-8(2)14)10(19-13)7-20-4/h5,10-13H,1,6-7H2,2-4H3/t10?,11-,12?,13?/m0/s1. The molecule has 0 radical (unpaired) electrons. The van der Waals surface area contributed by atoms with Crippen LogP contribution in [0.4, 0.5) is 0 Å². The average Bonchev–Trinajstić information content (AvgIpc) is 2.65. The highest BCUT2D eigenvalue weighted by Crippen LogP contribution is 2.29. The van der Waals surface area contributed by atoms with Crippen LogP contribution < -0.4 is 0 Å². The van der Waals surface area contributed by atoms with Gasteiger partial charge in [0.25, 0.3) is 0 Å². The second-order valence-corrected chi connectivity index (χ2v) is 5.18. The second kappa shape index (κ2) is 8.28. The summed E-state index contributed by atoms with van der Waals surface area (Å²) < 4.78 is 21.6. The van der Waals surface area contributed by atoms with Crippen molar-refractivity contribution >= 4 is 23.7 Å². The lowest BCUT2D eigenvalue weighted by Gasteiger charge is -2.22. The zero-order chi connectivity index (χ0) is 15.1. The van der Waals surface area contributed by atoms with Crippen molar-refractivity contribution in [3.05, 3.63) is 12.7 Å². The number of carbonyl (C=O) groups excluding carboxylic acids is 2. The van der Waals surface area contributed by atoms with E-state index in [1.807, 2.05) is 6.26 Å². The van der Waals surface area contributed by atoms with Gasteiger partial charge in [-0.15, -0.1) is 6.58 Å². The number of esters is 2. The van der Waals surface area contributed by atoms with Crippen molar-refractivity contribution in [2.24, 2.45) is 0 Å². The Morgan fingerprint density at radius 2 is 1.85 bits per heavy atom. The van der Waals surface area contributed by atoms with E-state index in [0.717, 1.165) is 0 Å². The quantitative estimate of drug-likeness (QED) is 0.516. The molecular formula is C13H20O6S. The van der Waals surface area contributed by atoms with Crippen molar-refractivity contribution in [1.29, 1.82) is 0 Å². The number of rotatable bonds is 7. The molecule has 0 bridgehead atoms. The fourth-order valence-corrected chi connectivity index (χ4v) is 2.53. The third-order valence-electron chi connectivity index (χ3n) is 2.58. The SMILES string of the molecule is C=CCOC1OC(CSC)[C@H](OC(C)=O)C1OC(C)=O. The van der Waals surface area contributed by atoms with E-state index in [-0.39, 0.29) is 12.7 Å². The lowest BCUT2D eigenvalue weighted by Crippen LogP contribution is -2.41. The molecule has 0 N–H and O–H groups in total. The first-order valence-electron chi connectivity index (χ1n) is 6.21. The number of hydrogen-bond donors (Lipinski definition) is 0. The maximum absolute atomic E-state index is 11.2. The highest BCUT2D eigenvalue weighted by molar-refractivity contribution is 7.98. The van der Waals surface area contributed by atoms with Crippen LogP contribution >= 0.6 is 11.8 Å². The van der Waals surface area contributed by atoms with Crippen LogP contribution in [-0.4, -0.2) is 55.2 Å². The molecule has 0 aromatic rings. The third-order valence-corrected chi connectivity index (χ3v) is 3.24. The Balaban J connectivity index is 2.86. The van der Waals surface area contributed by atoms with Gasteiger partial charge in [0.05, 0.1) is 6.61 Å². The lowest BCUT2D eigenvalue weighted by atomic mass is 10.1. The Bertz CT molecular complexity index is 359. The van der Waals surface area contributed by atoms with Gasteiger partial charge < -0.3 is 18.9 Å². The van der Waals surface area contributed by atoms with Gasteiger partial charge in [-0.05, 0) is 6.26 Å². The molecule has 0 aliphatic carbocycles. The Hall–Kier alpha value is -1.05. The molecule has 1 saturated heterocycles. The monoisotopic (exact) mass is 304 g/mol. The normalized spacial score (nSPS) is 28.9. The van der Waals surface area contributed by atoms with Gasteiger partial charge in [-0.3, -0.25) is 9.59 Å². The van der Waals surface area contributed by atoms with Crippen LogP contribution in [0.5, 0.6) is 0 Å². The van der Waals surface area contributed by atoms with Crippen LogP contribution in [0.2, 0.25) is 0 Å². The molecular weight excluding hydrogens is 284 g/mol. The highest BCUT2D eigenvalue weighted by Gasteiger charge is 2.49. The van der Waals surface area contributed by atoms with Crippen molar-refractivity contribution in [2.75, 3.05) is 18.6 Å². The van der Waals surface area contributed by atoms with Crippen LogP contribution in [0.3, 0.4) is 0 Å². The van der Waals surface area contributed by atoms with Crippen LogP contribution in [0.1, 0.15) is 13.8 Å². The summed E-state index contributed by atoms with van der Waals surface area (Å²) in [5.41, 5.74) is 0. The second-order valence-electron chi connectivity index (χ2n) is 4.27. The zero-order valence-electron chi connectivity index (χ0n) is 11.9. The molecule has 1 aliphatic rings. The molecule has 20 heavy (non-hydrogen) atoms. The van der Waals surface area contributed by atoms with Crippen LogP contribution in [0.15, 0.2) is 12.7 Å². The first-order valence-corrected chi connectivity index (χ1v) is 7.60. The van der Waals surface area contributed by atoms with Gasteiger partial charge in [-0.25, -0.2) is 0 Å². The van der Waals surface area contributed by atoms with E-state index < -0.39 is 30.4 Å². The van der Waals surface area contributed by atoms with Gasteiger partial charge in [-0.2, -0.15) is 11.8 Å². The van der Waals surface area contributed by atoms with Gasteiger partial charge in [0.15, 0.2) is 18.5 Å². The first-order chi connectivity index (χ1) is 9.49. The molecule has 114 valence electrons. The van der Waals surface area contributed by atoms with Gasteiger partial charge in [0.2, 0.25) is 0 Å². The van der Waals surface area contributed by atoms with E-state index in [1.165, 1.54) is 13.8 Å². The smallest absolute Gasteiger partial charge is 0.303 e. The Labute approximate surface area is 122 Å². The van der Waals surface area contributed by atoms with Crippen LogP contribution in [0.25, 0.3) is 0 Å². The number of hydrogen-bond acceptors (Lipinski definition) is 7. The van der Waals surface area contributed by atoms with E-state index in [4.69, 9.17) is 18.9 Å². The van der Waals surface area contributed by atoms with Gasteiger partial charge in [0.1, 0.15) is 6.10 Å². The summed E-state index contributed by atoms with van der Waals surface area (Å²) in [5, 5.41) is 0. The predicted molar refractivity (Wildman–Crippen MR) is 74.3 cm³/mol. The topological polar surface area (TPSA) is 71.1 Å². The van der Waals surface area contributed by atoms with E-state index in [2.05, 4.69) is 6.58 Å². The molecule has 0 aromatic carbocycles. The molecule has 4 atom stereocenters. The molecule has 6 nitrogen and oxygen atoms in total. The first kappa shape index (κ1) is 17.0. The molecule has 0 amide bonds. The molecule has 0 saturated carbocycles. The molecule has 0 spiro atoms. The van der Waals surface area contributed by atoms with Crippen molar-refractivity contribution < 1.29 is 28.5 Å². The summed E-state index contributed by atoms with van der Waals surface area (Å²) in [5.74, 6) is -0.331. The number of thioether (sulfide) groups is 1. The van der Waals surface area contributed by atoms with Crippen molar-refractivity contribution in [3.8, 4) is 0 Å². The molecule has 7 heteroatoms. The van der Waals surface area contributed by atoms with Gasteiger partial charge in [-0.1, -0.05) is 6.08 Å². The van der Waals surface area contributed by atoms with Crippen LogP contribution in [-0.2, 0) is 28.5 Å². The van der Waals surface area contributed by atoms with E-state index in [9.17, 15) is 9.59 Å². The molecule has 1 fully saturated rings. The van der Waals surface area contributed by atoms with E-state index in [0.29, 0.717) is 5.75 Å². The largest absolute Gasteiger partial charge is 0.456 e. The summed E-state index contributed by atoms with van der Waals surface area (Å²) in [4.78, 5) is 22.4.